The summed E-state index contributed by atoms with van der Waals surface area (Å²) in [5.74, 6) is 1.32. The van der Waals surface area contributed by atoms with Gasteiger partial charge in [0, 0.05) is 26.2 Å². The van der Waals surface area contributed by atoms with Crippen LogP contribution in [0.1, 0.15) is 12.0 Å². The number of hydrogen-bond donors (Lipinski definition) is 0. The number of aryl methyl sites for hydroxylation is 1. The Labute approximate surface area is 171 Å². The molecule has 2 aromatic carbocycles. The molecule has 0 saturated carbocycles. The molecule has 0 aromatic heterocycles. The molecular formula is C21H26N2O5S. The van der Waals surface area contributed by atoms with Crippen molar-refractivity contribution in [3.8, 4) is 11.5 Å². The van der Waals surface area contributed by atoms with E-state index in [-0.39, 0.29) is 30.3 Å². The Balaban J connectivity index is 1.49. The summed E-state index contributed by atoms with van der Waals surface area (Å²) in [6.45, 7) is 3.58. The van der Waals surface area contributed by atoms with Crippen LogP contribution in [0, 0.1) is 6.92 Å². The lowest BCUT2D eigenvalue weighted by atomic mass is 10.2. The van der Waals surface area contributed by atoms with Gasteiger partial charge >= 0.3 is 0 Å². The SMILES string of the molecule is COc1ccc(S(=O)(=O)N2CCN(C(=O)CCOc3cccc(C)c3)CC2)cc1. The van der Waals surface area contributed by atoms with Gasteiger partial charge in [-0.1, -0.05) is 12.1 Å². The lowest BCUT2D eigenvalue weighted by Crippen LogP contribution is -2.50. The second-order valence-electron chi connectivity index (χ2n) is 6.88. The third-order valence-electron chi connectivity index (χ3n) is 4.86. The van der Waals surface area contributed by atoms with Crippen LogP contribution in [0.2, 0.25) is 0 Å². The highest BCUT2D eigenvalue weighted by Gasteiger charge is 2.30. The van der Waals surface area contributed by atoms with E-state index in [1.54, 1.807) is 17.0 Å². The summed E-state index contributed by atoms with van der Waals surface area (Å²) in [6, 6.07) is 14.0. The summed E-state index contributed by atoms with van der Waals surface area (Å²) in [6.07, 6.45) is 0.263. The fourth-order valence-corrected chi connectivity index (χ4v) is 4.62. The van der Waals surface area contributed by atoms with Gasteiger partial charge in [0.2, 0.25) is 15.9 Å². The van der Waals surface area contributed by atoms with Gasteiger partial charge < -0.3 is 14.4 Å². The van der Waals surface area contributed by atoms with Crippen LogP contribution >= 0.6 is 0 Å². The molecule has 1 aliphatic rings. The Hall–Kier alpha value is -2.58. The zero-order chi connectivity index (χ0) is 20.9. The summed E-state index contributed by atoms with van der Waals surface area (Å²) in [7, 11) is -2.04. The molecule has 1 aliphatic heterocycles. The minimum atomic E-state index is -3.58. The van der Waals surface area contributed by atoms with Crippen molar-refractivity contribution in [3.63, 3.8) is 0 Å². The first-order chi connectivity index (χ1) is 13.9. The minimum absolute atomic E-state index is 0.0286. The largest absolute Gasteiger partial charge is 0.497 e. The number of methoxy groups -OCH3 is 1. The van der Waals surface area contributed by atoms with E-state index >= 15 is 0 Å². The van der Waals surface area contributed by atoms with Crippen LogP contribution in [-0.2, 0) is 14.8 Å². The maximum atomic E-state index is 12.8. The zero-order valence-electron chi connectivity index (χ0n) is 16.7. The Bertz CT molecular complexity index is 936. The molecule has 0 atom stereocenters. The topological polar surface area (TPSA) is 76.2 Å². The Kier molecular flexibility index (Phi) is 6.76. The number of piperazine rings is 1. The zero-order valence-corrected chi connectivity index (χ0v) is 17.5. The van der Waals surface area contributed by atoms with Crippen molar-refractivity contribution in [1.82, 2.24) is 9.21 Å². The van der Waals surface area contributed by atoms with Crippen molar-refractivity contribution in [2.45, 2.75) is 18.2 Å². The van der Waals surface area contributed by atoms with Crippen LogP contribution in [0.3, 0.4) is 0 Å². The second-order valence-corrected chi connectivity index (χ2v) is 8.81. The number of ether oxygens (including phenoxy) is 2. The summed E-state index contributed by atoms with van der Waals surface area (Å²) in [4.78, 5) is 14.3. The number of amides is 1. The highest BCUT2D eigenvalue weighted by molar-refractivity contribution is 7.89. The maximum absolute atomic E-state index is 12.8. The molecule has 1 saturated heterocycles. The average molecular weight is 419 g/mol. The average Bonchev–Trinajstić information content (AvgIpc) is 2.74. The van der Waals surface area contributed by atoms with Crippen molar-refractivity contribution in [2.24, 2.45) is 0 Å². The molecule has 29 heavy (non-hydrogen) atoms. The maximum Gasteiger partial charge on any atom is 0.243 e. The second kappa shape index (κ2) is 9.28. The van der Waals surface area contributed by atoms with E-state index in [0.717, 1.165) is 11.3 Å². The Morgan fingerprint density at radius 2 is 1.69 bits per heavy atom. The first-order valence-electron chi connectivity index (χ1n) is 9.51. The summed E-state index contributed by atoms with van der Waals surface area (Å²) in [5.41, 5.74) is 1.10. The molecule has 7 nitrogen and oxygen atoms in total. The molecule has 1 heterocycles. The summed E-state index contributed by atoms with van der Waals surface area (Å²) < 4.78 is 37.7. The van der Waals surface area contributed by atoms with Gasteiger partial charge in [0.05, 0.1) is 25.0 Å². The van der Waals surface area contributed by atoms with Gasteiger partial charge in [0.1, 0.15) is 11.5 Å². The van der Waals surface area contributed by atoms with Crippen LogP contribution in [-0.4, -0.2) is 63.4 Å². The highest BCUT2D eigenvalue weighted by atomic mass is 32.2. The number of carbonyl (C=O) groups excluding carboxylic acids is 1. The molecule has 8 heteroatoms. The van der Waals surface area contributed by atoms with Crippen LogP contribution in [0.4, 0.5) is 0 Å². The highest BCUT2D eigenvalue weighted by Crippen LogP contribution is 2.21. The Morgan fingerprint density at radius 3 is 2.31 bits per heavy atom. The predicted molar refractivity (Wildman–Crippen MR) is 110 cm³/mol. The Morgan fingerprint density at radius 1 is 1.00 bits per heavy atom. The number of benzene rings is 2. The molecular weight excluding hydrogens is 392 g/mol. The van der Waals surface area contributed by atoms with Crippen molar-refractivity contribution >= 4 is 15.9 Å². The fraction of sp³-hybridized carbons (Fsp3) is 0.381. The third-order valence-corrected chi connectivity index (χ3v) is 6.78. The smallest absolute Gasteiger partial charge is 0.243 e. The lowest BCUT2D eigenvalue weighted by Gasteiger charge is -2.34. The standard InChI is InChI=1S/C21H26N2O5S/c1-17-4-3-5-19(16-17)28-15-10-21(24)22-11-13-23(14-12-22)29(25,26)20-8-6-18(27-2)7-9-20/h3-9,16H,10-15H2,1-2H3. The predicted octanol–water partition coefficient (Wildman–Crippen LogP) is 2.31. The molecule has 0 N–H and O–H groups in total. The van der Waals surface area contributed by atoms with Crippen molar-refractivity contribution < 1.29 is 22.7 Å². The minimum Gasteiger partial charge on any atom is -0.497 e. The molecule has 3 rings (SSSR count). The van der Waals surface area contributed by atoms with Gasteiger partial charge in [-0.3, -0.25) is 4.79 Å². The van der Waals surface area contributed by atoms with E-state index in [4.69, 9.17) is 9.47 Å². The molecule has 0 spiro atoms. The summed E-state index contributed by atoms with van der Waals surface area (Å²) in [5, 5.41) is 0. The molecule has 0 aliphatic carbocycles. The molecule has 156 valence electrons. The van der Waals surface area contributed by atoms with Gasteiger partial charge in [0.15, 0.2) is 0 Å². The van der Waals surface area contributed by atoms with E-state index in [1.165, 1.54) is 23.5 Å². The number of hydrogen-bond acceptors (Lipinski definition) is 5. The van der Waals surface area contributed by atoms with Crippen molar-refractivity contribution in [2.75, 3.05) is 39.9 Å². The van der Waals surface area contributed by atoms with E-state index in [9.17, 15) is 13.2 Å². The fourth-order valence-electron chi connectivity index (χ4n) is 3.19. The summed E-state index contributed by atoms with van der Waals surface area (Å²) >= 11 is 0. The van der Waals surface area contributed by atoms with E-state index in [1.807, 2.05) is 31.2 Å². The third kappa shape index (κ3) is 5.27. The van der Waals surface area contributed by atoms with Gasteiger partial charge in [0.25, 0.3) is 0 Å². The molecule has 0 bridgehead atoms. The van der Waals surface area contributed by atoms with Crippen LogP contribution in [0.5, 0.6) is 11.5 Å². The monoisotopic (exact) mass is 418 g/mol. The van der Waals surface area contributed by atoms with E-state index in [2.05, 4.69) is 0 Å². The van der Waals surface area contributed by atoms with Crippen molar-refractivity contribution in [3.05, 3.63) is 54.1 Å². The quantitative estimate of drug-likeness (QED) is 0.690. The van der Waals surface area contributed by atoms with Crippen LogP contribution in [0.15, 0.2) is 53.4 Å². The van der Waals surface area contributed by atoms with Crippen molar-refractivity contribution in [1.29, 1.82) is 0 Å². The normalized spacial score (nSPS) is 15.2. The molecule has 2 aromatic rings. The van der Waals surface area contributed by atoms with Crippen LogP contribution in [0.25, 0.3) is 0 Å². The van der Waals surface area contributed by atoms with E-state index in [0.29, 0.717) is 25.4 Å². The lowest BCUT2D eigenvalue weighted by molar-refractivity contribution is -0.132. The van der Waals surface area contributed by atoms with Gasteiger partial charge in [-0.25, -0.2) is 8.42 Å². The van der Waals surface area contributed by atoms with Gasteiger partial charge in [-0.05, 0) is 48.9 Å². The number of sulfonamides is 1. The molecule has 0 radical (unpaired) electrons. The molecule has 0 unspecified atom stereocenters. The van der Waals surface area contributed by atoms with Gasteiger partial charge in [-0.2, -0.15) is 4.31 Å². The number of rotatable bonds is 7. The number of carbonyl (C=O) groups is 1. The molecule has 1 fully saturated rings. The van der Waals surface area contributed by atoms with Gasteiger partial charge in [-0.15, -0.1) is 0 Å². The first kappa shape index (κ1) is 21.1. The first-order valence-corrected chi connectivity index (χ1v) is 11.0. The van der Waals surface area contributed by atoms with Crippen LogP contribution < -0.4 is 9.47 Å². The molecule has 1 amide bonds. The van der Waals surface area contributed by atoms with E-state index < -0.39 is 10.0 Å². The number of nitrogens with zero attached hydrogens (tertiary/aromatic N) is 2.